The molecule has 7 heteroatoms. The largest absolute Gasteiger partial charge is 0.393 e. The van der Waals surface area contributed by atoms with Gasteiger partial charge in [-0.1, -0.05) is 36.4 Å². The van der Waals surface area contributed by atoms with Gasteiger partial charge < -0.3 is 20.9 Å². The van der Waals surface area contributed by atoms with Crippen LogP contribution in [0.5, 0.6) is 0 Å². The van der Waals surface area contributed by atoms with Crippen LogP contribution in [0.4, 0.5) is 23.1 Å². The lowest BCUT2D eigenvalue weighted by atomic mass is 10.2. The summed E-state index contributed by atoms with van der Waals surface area (Å²) in [5, 5.41) is 3.32. The van der Waals surface area contributed by atoms with E-state index in [2.05, 4.69) is 42.2 Å². The number of nitrogens with one attached hydrogen (secondary N) is 1. The van der Waals surface area contributed by atoms with Crippen LogP contribution in [-0.4, -0.2) is 41.1 Å². The van der Waals surface area contributed by atoms with E-state index in [1.165, 1.54) is 5.56 Å². The summed E-state index contributed by atoms with van der Waals surface area (Å²) in [5.74, 6) is 2.48. The van der Waals surface area contributed by atoms with Crippen molar-refractivity contribution in [1.29, 1.82) is 0 Å². The van der Waals surface area contributed by atoms with Gasteiger partial charge in [0.25, 0.3) is 0 Å². The SMILES string of the molecule is Nc1c(NCc2ccccc2)ncnc1N1CCN(c2ccccn2)CC1. The maximum Gasteiger partial charge on any atom is 0.157 e. The van der Waals surface area contributed by atoms with Crippen LogP contribution < -0.4 is 20.9 Å². The lowest BCUT2D eigenvalue weighted by Gasteiger charge is -2.36. The van der Waals surface area contributed by atoms with Crippen LogP contribution in [0.15, 0.2) is 61.1 Å². The van der Waals surface area contributed by atoms with E-state index >= 15 is 0 Å². The minimum atomic E-state index is 0.597. The molecular formula is C20H23N7. The van der Waals surface area contributed by atoms with Crippen molar-refractivity contribution in [2.24, 2.45) is 0 Å². The molecule has 27 heavy (non-hydrogen) atoms. The number of hydrogen-bond acceptors (Lipinski definition) is 7. The maximum atomic E-state index is 6.37. The summed E-state index contributed by atoms with van der Waals surface area (Å²) in [7, 11) is 0. The molecule has 3 heterocycles. The van der Waals surface area contributed by atoms with Gasteiger partial charge in [-0.15, -0.1) is 0 Å². The molecule has 0 unspecified atom stereocenters. The Morgan fingerprint density at radius 2 is 1.59 bits per heavy atom. The second-order valence-electron chi connectivity index (χ2n) is 6.46. The summed E-state index contributed by atoms with van der Waals surface area (Å²) in [5.41, 5.74) is 8.15. The molecule has 1 saturated heterocycles. The quantitative estimate of drug-likeness (QED) is 0.722. The number of pyridine rings is 1. The van der Waals surface area contributed by atoms with Gasteiger partial charge in [-0.2, -0.15) is 0 Å². The Hall–Kier alpha value is -3.35. The molecule has 3 N–H and O–H groups in total. The highest BCUT2D eigenvalue weighted by Gasteiger charge is 2.21. The van der Waals surface area contributed by atoms with Crippen molar-refractivity contribution in [1.82, 2.24) is 15.0 Å². The zero-order valence-electron chi connectivity index (χ0n) is 15.1. The molecular weight excluding hydrogens is 338 g/mol. The molecule has 2 aromatic heterocycles. The van der Waals surface area contributed by atoms with Crippen molar-refractivity contribution < 1.29 is 0 Å². The molecule has 138 valence electrons. The van der Waals surface area contributed by atoms with Crippen molar-refractivity contribution in [3.63, 3.8) is 0 Å². The molecule has 0 radical (unpaired) electrons. The normalized spacial score (nSPS) is 14.2. The highest BCUT2D eigenvalue weighted by molar-refractivity contribution is 5.75. The number of anilines is 4. The molecule has 1 aromatic carbocycles. The summed E-state index contributed by atoms with van der Waals surface area (Å²) in [6.45, 7) is 4.13. The third-order valence-electron chi connectivity index (χ3n) is 4.72. The number of nitrogens with zero attached hydrogens (tertiary/aromatic N) is 5. The molecule has 1 aliphatic rings. The standard InChI is InChI=1S/C20H23N7/c21-18-19(23-14-16-6-2-1-3-7-16)24-15-25-20(18)27-12-10-26(11-13-27)17-8-4-5-9-22-17/h1-9,15H,10-14,21H2,(H,23,24,25). The minimum absolute atomic E-state index is 0.597. The third kappa shape index (κ3) is 3.92. The number of nitrogen functional groups attached to an aromatic ring is 1. The van der Waals surface area contributed by atoms with Crippen molar-refractivity contribution in [3.05, 3.63) is 66.6 Å². The lowest BCUT2D eigenvalue weighted by molar-refractivity contribution is 0.642. The molecule has 4 rings (SSSR count). The minimum Gasteiger partial charge on any atom is -0.393 e. The fourth-order valence-electron chi connectivity index (χ4n) is 3.25. The Morgan fingerprint density at radius 3 is 2.33 bits per heavy atom. The fourth-order valence-corrected chi connectivity index (χ4v) is 3.25. The highest BCUT2D eigenvalue weighted by atomic mass is 15.3. The fraction of sp³-hybridized carbons (Fsp3) is 0.250. The van der Waals surface area contributed by atoms with Crippen molar-refractivity contribution >= 4 is 23.1 Å². The molecule has 0 saturated carbocycles. The predicted molar refractivity (Wildman–Crippen MR) is 109 cm³/mol. The second-order valence-corrected chi connectivity index (χ2v) is 6.46. The number of aromatic nitrogens is 3. The number of benzene rings is 1. The monoisotopic (exact) mass is 361 g/mol. The molecule has 0 spiro atoms. The number of rotatable bonds is 5. The van der Waals surface area contributed by atoms with Crippen molar-refractivity contribution in [3.8, 4) is 0 Å². The average molecular weight is 361 g/mol. The molecule has 7 nitrogen and oxygen atoms in total. The summed E-state index contributed by atoms with van der Waals surface area (Å²) >= 11 is 0. The molecule has 1 aliphatic heterocycles. The Morgan fingerprint density at radius 1 is 0.852 bits per heavy atom. The number of piperazine rings is 1. The predicted octanol–water partition coefficient (Wildman–Crippen LogP) is 2.39. The summed E-state index contributed by atoms with van der Waals surface area (Å²) in [6, 6.07) is 16.2. The van der Waals surface area contributed by atoms with E-state index in [0.29, 0.717) is 18.1 Å². The van der Waals surface area contributed by atoms with Crippen LogP contribution in [0, 0.1) is 0 Å². The van der Waals surface area contributed by atoms with E-state index in [4.69, 9.17) is 5.73 Å². The van der Waals surface area contributed by atoms with Crippen LogP contribution in [0.2, 0.25) is 0 Å². The van der Waals surface area contributed by atoms with Gasteiger partial charge >= 0.3 is 0 Å². The zero-order chi connectivity index (χ0) is 18.5. The van der Waals surface area contributed by atoms with Gasteiger partial charge in [0.2, 0.25) is 0 Å². The van der Waals surface area contributed by atoms with Crippen LogP contribution in [-0.2, 0) is 6.54 Å². The van der Waals surface area contributed by atoms with E-state index in [9.17, 15) is 0 Å². The number of hydrogen-bond donors (Lipinski definition) is 2. The Bertz CT molecular complexity index is 862. The van der Waals surface area contributed by atoms with Gasteiger partial charge in [0.05, 0.1) is 0 Å². The van der Waals surface area contributed by atoms with Gasteiger partial charge in [0, 0.05) is 38.9 Å². The summed E-state index contributed by atoms with van der Waals surface area (Å²) in [6.07, 6.45) is 3.40. The average Bonchev–Trinajstić information content (AvgIpc) is 2.75. The summed E-state index contributed by atoms with van der Waals surface area (Å²) in [4.78, 5) is 17.7. The Balaban J connectivity index is 1.42. The molecule has 0 amide bonds. The third-order valence-corrected chi connectivity index (χ3v) is 4.72. The Labute approximate surface area is 158 Å². The van der Waals surface area contributed by atoms with Gasteiger partial charge in [-0.3, -0.25) is 0 Å². The highest BCUT2D eigenvalue weighted by Crippen LogP contribution is 2.27. The Kier molecular flexibility index (Phi) is 5.00. The van der Waals surface area contributed by atoms with Crippen LogP contribution >= 0.6 is 0 Å². The van der Waals surface area contributed by atoms with Crippen LogP contribution in [0.3, 0.4) is 0 Å². The maximum absolute atomic E-state index is 6.37. The smallest absolute Gasteiger partial charge is 0.157 e. The molecule has 0 atom stereocenters. The molecule has 0 aliphatic carbocycles. The van der Waals surface area contributed by atoms with E-state index in [0.717, 1.165) is 37.8 Å². The van der Waals surface area contributed by atoms with Gasteiger partial charge in [-0.25, -0.2) is 15.0 Å². The zero-order valence-corrected chi connectivity index (χ0v) is 15.1. The molecule has 3 aromatic rings. The van der Waals surface area contributed by atoms with Gasteiger partial charge in [0.1, 0.15) is 17.8 Å². The van der Waals surface area contributed by atoms with E-state index in [1.54, 1.807) is 6.33 Å². The van der Waals surface area contributed by atoms with E-state index in [-0.39, 0.29) is 0 Å². The van der Waals surface area contributed by atoms with Crippen LogP contribution in [0.1, 0.15) is 5.56 Å². The second kappa shape index (κ2) is 7.90. The van der Waals surface area contributed by atoms with Gasteiger partial charge in [-0.05, 0) is 17.7 Å². The van der Waals surface area contributed by atoms with Crippen molar-refractivity contribution in [2.45, 2.75) is 6.54 Å². The van der Waals surface area contributed by atoms with E-state index in [1.807, 2.05) is 42.6 Å². The number of nitrogens with two attached hydrogens (primary N) is 1. The molecule has 1 fully saturated rings. The van der Waals surface area contributed by atoms with Crippen molar-refractivity contribution in [2.75, 3.05) is 47.0 Å². The first kappa shape index (κ1) is 17.1. The first-order valence-corrected chi connectivity index (χ1v) is 9.10. The topological polar surface area (TPSA) is 83.2 Å². The first-order chi connectivity index (χ1) is 13.3. The van der Waals surface area contributed by atoms with Gasteiger partial charge in [0.15, 0.2) is 11.6 Å². The summed E-state index contributed by atoms with van der Waals surface area (Å²) < 4.78 is 0. The molecule has 0 bridgehead atoms. The van der Waals surface area contributed by atoms with E-state index < -0.39 is 0 Å². The first-order valence-electron chi connectivity index (χ1n) is 9.10. The lowest BCUT2D eigenvalue weighted by Crippen LogP contribution is -2.47. The van der Waals surface area contributed by atoms with Crippen LogP contribution in [0.25, 0.3) is 0 Å².